The standard InChI is InChI=1S/C54H75N9O6/c1-5-63(46-19-27-69-28-20-46)49-32-44(31-47(40(49)4)53(67)59-34-48-38(2)29-39(3)60-54(48)68)43-17-15-42(16-18-43)36-61-23-25-62(26-24-61)37-52(66)57-22-12-7-6-11-21-56-51(65)35-58-50(64)33-45(55)30-41-13-9-8-10-14-41/h8-10,13-18,29,31-32,45-46H,5-7,11-12,19-28,30,33-37,55H2,1-4H3,(H,56,65)(H,57,66)(H,58,64)(H,59,67)(H,60,68). The fourth-order valence-electron chi connectivity index (χ4n) is 9.41. The van der Waals surface area contributed by atoms with E-state index in [1.54, 1.807) is 0 Å². The maximum absolute atomic E-state index is 14.0. The number of hydrogen-bond acceptors (Lipinski definition) is 10. The van der Waals surface area contributed by atoms with Crippen LogP contribution in [0.3, 0.4) is 0 Å². The molecule has 69 heavy (non-hydrogen) atoms. The topological polar surface area (TPSA) is 194 Å². The Morgan fingerprint density at radius 1 is 0.768 bits per heavy atom. The van der Waals surface area contributed by atoms with E-state index in [0.717, 1.165) is 130 Å². The molecule has 2 aliphatic rings. The summed E-state index contributed by atoms with van der Waals surface area (Å²) >= 11 is 0. The van der Waals surface area contributed by atoms with E-state index in [2.05, 4.69) is 78.2 Å². The molecule has 7 N–H and O–H groups in total. The lowest BCUT2D eigenvalue weighted by Gasteiger charge is -2.37. The van der Waals surface area contributed by atoms with E-state index in [1.165, 1.54) is 5.56 Å². The van der Waals surface area contributed by atoms with Gasteiger partial charge in [-0.25, -0.2) is 0 Å². The Labute approximate surface area is 408 Å². The van der Waals surface area contributed by atoms with E-state index in [1.807, 2.05) is 63.2 Å². The van der Waals surface area contributed by atoms with E-state index >= 15 is 0 Å². The fraction of sp³-hybridized carbons (Fsp3) is 0.500. The van der Waals surface area contributed by atoms with Gasteiger partial charge < -0.3 is 41.6 Å². The minimum absolute atomic E-state index is 0.0423. The van der Waals surface area contributed by atoms with Gasteiger partial charge in [-0.3, -0.25) is 33.8 Å². The van der Waals surface area contributed by atoms with Gasteiger partial charge in [-0.1, -0.05) is 67.4 Å². The summed E-state index contributed by atoms with van der Waals surface area (Å²) in [6.07, 6.45) is 6.20. The van der Waals surface area contributed by atoms with E-state index in [0.29, 0.717) is 43.2 Å². The lowest BCUT2D eigenvalue weighted by Crippen LogP contribution is -2.49. The first-order valence-electron chi connectivity index (χ1n) is 25.0. The Morgan fingerprint density at radius 3 is 2.10 bits per heavy atom. The Hall–Kier alpha value is -5.87. The molecule has 15 heteroatoms. The minimum Gasteiger partial charge on any atom is -0.381 e. The molecule has 0 aliphatic carbocycles. The number of anilines is 1. The normalized spacial score (nSPS) is 15.0. The Morgan fingerprint density at radius 2 is 1.43 bits per heavy atom. The van der Waals surface area contributed by atoms with Gasteiger partial charge >= 0.3 is 0 Å². The SMILES string of the molecule is CCN(c1cc(-c2ccc(CN3CCN(CC(=O)NCCCCCCNC(=O)CNC(=O)CC(N)Cc4ccccc4)CC3)cc2)cc(C(=O)NCc2c(C)cc(C)[nH]c2=O)c1C)C1CCOCC1. The number of benzene rings is 3. The van der Waals surface area contributed by atoms with Crippen molar-refractivity contribution < 1.29 is 23.9 Å². The van der Waals surface area contributed by atoms with Crippen molar-refractivity contribution >= 4 is 29.3 Å². The van der Waals surface area contributed by atoms with Crippen LogP contribution in [-0.4, -0.2) is 123 Å². The smallest absolute Gasteiger partial charge is 0.253 e. The maximum atomic E-state index is 14.0. The van der Waals surface area contributed by atoms with Crippen LogP contribution < -0.4 is 37.5 Å². The largest absolute Gasteiger partial charge is 0.381 e. The molecular weight excluding hydrogens is 871 g/mol. The van der Waals surface area contributed by atoms with Crippen LogP contribution in [0, 0.1) is 20.8 Å². The number of ether oxygens (including phenoxy) is 1. The molecule has 4 amide bonds. The van der Waals surface area contributed by atoms with Crippen LogP contribution in [0.2, 0.25) is 0 Å². The summed E-state index contributed by atoms with van der Waals surface area (Å²) in [4.78, 5) is 73.8. The first-order chi connectivity index (χ1) is 33.4. The summed E-state index contributed by atoms with van der Waals surface area (Å²) < 4.78 is 5.70. The van der Waals surface area contributed by atoms with Gasteiger partial charge in [-0.05, 0) is 111 Å². The van der Waals surface area contributed by atoms with Crippen molar-refractivity contribution in [1.82, 2.24) is 36.1 Å². The van der Waals surface area contributed by atoms with Gasteiger partial charge in [-0.2, -0.15) is 0 Å². The quantitative estimate of drug-likeness (QED) is 0.0527. The van der Waals surface area contributed by atoms with Crippen molar-refractivity contribution in [3.63, 3.8) is 0 Å². The van der Waals surface area contributed by atoms with Gasteiger partial charge in [-0.15, -0.1) is 0 Å². The van der Waals surface area contributed by atoms with Gasteiger partial charge in [0, 0.05) is 113 Å². The maximum Gasteiger partial charge on any atom is 0.253 e. The molecule has 3 heterocycles. The number of nitrogens with two attached hydrogens (primary N) is 1. The van der Waals surface area contributed by atoms with E-state index in [9.17, 15) is 24.0 Å². The molecule has 1 unspecified atom stereocenters. The number of H-pyrrole nitrogens is 1. The molecule has 1 aromatic heterocycles. The van der Waals surface area contributed by atoms with Gasteiger partial charge in [0.25, 0.3) is 11.5 Å². The van der Waals surface area contributed by atoms with Crippen molar-refractivity contribution in [2.24, 2.45) is 5.73 Å². The highest BCUT2D eigenvalue weighted by Crippen LogP contribution is 2.34. The molecule has 0 saturated carbocycles. The highest BCUT2D eigenvalue weighted by molar-refractivity contribution is 5.99. The second kappa shape index (κ2) is 26.8. The van der Waals surface area contributed by atoms with Gasteiger partial charge in [0.15, 0.2) is 0 Å². The van der Waals surface area contributed by atoms with Gasteiger partial charge in [0.1, 0.15) is 0 Å². The highest BCUT2D eigenvalue weighted by atomic mass is 16.5. The number of pyridine rings is 1. The number of amides is 4. The number of rotatable bonds is 24. The van der Waals surface area contributed by atoms with Crippen LogP contribution in [0.15, 0.2) is 77.6 Å². The van der Waals surface area contributed by atoms with E-state index < -0.39 is 0 Å². The molecule has 0 spiro atoms. The lowest BCUT2D eigenvalue weighted by atomic mass is 9.94. The molecule has 0 bridgehead atoms. The second-order valence-corrected chi connectivity index (χ2v) is 18.7. The highest BCUT2D eigenvalue weighted by Gasteiger charge is 2.26. The zero-order valence-corrected chi connectivity index (χ0v) is 41.3. The van der Waals surface area contributed by atoms with Gasteiger partial charge in [0.05, 0.1) is 13.1 Å². The number of unbranched alkanes of at least 4 members (excludes halogenated alkanes) is 3. The number of hydrogen-bond donors (Lipinski definition) is 6. The zero-order valence-electron chi connectivity index (χ0n) is 41.3. The van der Waals surface area contributed by atoms with Crippen LogP contribution in [-0.2, 0) is 38.6 Å². The molecule has 2 fully saturated rings. The first-order valence-corrected chi connectivity index (χ1v) is 25.0. The number of carbonyl (C=O) groups is 4. The monoisotopic (exact) mass is 946 g/mol. The molecular formula is C54H75N9O6. The molecule has 372 valence electrons. The summed E-state index contributed by atoms with van der Waals surface area (Å²) in [6, 6.07) is 24.5. The van der Waals surface area contributed by atoms with Crippen LogP contribution in [0.1, 0.15) is 95.7 Å². The molecule has 2 saturated heterocycles. The molecule has 2 aliphatic heterocycles. The molecule has 6 rings (SSSR count). The number of nitrogens with zero attached hydrogens (tertiary/aromatic N) is 3. The summed E-state index contributed by atoms with van der Waals surface area (Å²) in [7, 11) is 0. The first kappa shape index (κ1) is 52.5. The number of piperazine rings is 1. The van der Waals surface area contributed by atoms with Crippen molar-refractivity contribution in [3.05, 3.63) is 122 Å². The molecule has 3 aromatic carbocycles. The number of carbonyl (C=O) groups excluding carboxylic acids is 4. The number of aromatic nitrogens is 1. The number of aromatic amines is 1. The van der Waals surface area contributed by atoms with Crippen LogP contribution >= 0.6 is 0 Å². The third-order valence-corrected chi connectivity index (χ3v) is 13.3. The minimum atomic E-state index is -0.306. The molecule has 15 nitrogen and oxygen atoms in total. The summed E-state index contributed by atoms with van der Waals surface area (Å²) in [5, 5.41) is 11.6. The lowest BCUT2D eigenvalue weighted by molar-refractivity contribution is -0.126. The zero-order chi connectivity index (χ0) is 49.1. The number of aryl methyl sites for hydroxylation is 2. The van der Waals surface area contributed by atoms with E-state index in [4.69, 9.17) is 10.5 Å². The van der Waals surface area contributed by atoms with Crippen molar-refractivity contribution in [1.29, 1.82) is 0 Å². The fourth-order valence-corrected chi connectivity index (χ4v) is 9.41. The predicted octanol–water partition coefficient (Wildman–Crippen LogP) is 4.89. The summed E-state index contributed by atoms with van der Waals surface area (Å²) in [5.41, 5.74) is 14.9. The van der Waals surface area contributed by atoms with Crippen molar-refractivity contribution in [2.75, 3.05) is 77.0 Å². The Bertz CT molecular complexity index is 2360. The van der Waals surface area contributed by atoms with Crippen LogP contribution in [0.25, 0.3) is 11.1 Å². The average Bonchev–Trinajstić information content (AvgIpc) is 3.33. The second-order valence-electron chi connectivity index (χ2n) is 18.7. The van der Waals surface area contributed by atoms with Crippen molar-refractivity contribution in [2.45, 2.75) is 104 Å². The predicted molar refractivity (Wildman–Crippen MR) is 273 cm³/mol. The molecule has 0 radical (unpaired) electrons. The van der Waals surface area contributed by atoms with Crippen molar-refractivity contribution in [3.8, 4) is 11.1 Å². The Balaban J connectivity index is 0.897. The van der Waals surface area contributed by atoms with Gasteiger partial charge in [0.2, 0.25) is 17.7 Å². The van der Waals surface area contributed by atoms with Crippen LogP contribution in [0.4, 0.5) is 5.69 Å². The summed E-state index contributed by atoms with van der Waals surface area (Å²) in [5.74, 6) is -0.620. The van der Waals surface area contributed by atoms with E-state index in [-0.39, 0.29) is 54.7 Å². The third kappa shape index (κ3) is 16.4. The number of nitrogens with one attached hydrogen (secondary N) is 5. The van der Waals surface area contributed by atoms with Crippen LogP contribution in [0.5, 0.6) is 0 Å². The summed E-state index contributed by atoms with van der Waals surface area (Å²) in [6.45, 7) is 16.0. The Kier molecular flexibility index (Phi) is 20.4. The average molecular weight is 946 g/mol. The molecule has 4 aromatic rings. The molecule has 1 atom stereocenters. The third-order valence-electron chi connectivity index (χ3n) is 13.3.